The van der Waals surface area contributed by atoms with E-state index in [0.29, 0.717) is 12.2 Å². The molecule has 1 N–H and O–H groups in total. The third kappa shape index (κ3) is 3.62. The molecular weight excluding hydrogens is 196 g/mol. The highest BCUT2D eigenvalue weighted by Gasteiger charge is 1.95. The van der Waals surface area contributed by atoms with E-state index in [1.807, 2.05) is 36.4 Å². The van der Waals surface area contributed by atoms with E-state index in [1.54, 1.807) is 18.2 Å². The van der Waals surface area contributed by atoms with Crippen molar-refractivity contribution in [2.45, 2.75) is 6.42 Å². The van der Waals surface area contributed by atoms with Gasteiger partial charge in [-0.15, -0.1) is 0 Å². The first-order chi connectivity index (χ1) is 7.77. The summed E-state index contributed by atoms with van der Waals surface area (Å²) in [4.78, 5) is 0. The summed E-state index contributed by atoms with van der Waals surface area (Å²) in [6.45, 7) is 7.34. The number of phenolic OH excluding ortho intramolecular Hbond substituents is 1. The minimum atomic E-state index is 0.333. The van der Waals surface area contributed by atoms with Crippen LogP contribution in [0.25, 0.3) is 0 Å². The lowest BCUT2D eigenvalue weighted by Gasteiger charge is -1.99. The first kappa shape index (κ1) is 12.1. The molecule has 1 aromatic rings. The van der Waals surface area contributed by atoms with Crippen molar-refractivity contribution in [2.75, 3.05) is 0 Å². The fourth-order valence-electron chi connectivity index (χ4n) is 1.33. The van der Waals surface area contributed by atoms with Gasteiger partial charge in [0, 0.05) is 0 Å². The van der Waals surface area contributed by atoms with Crippen molar-refractivity contribution in [1.29, 1.82) is 0 Å². The highest BCUT2D eigenvalue weighted by molar-refractivity contribution is 5.36. The van der Waals surface area contributed by atoms with Crippen LogP contribution in [0.15, 0.2) is 73.4 Å². The summed E-state index contributed by atoms with van der Waals surface area (Å²) in [5.74, 6) is 0.333. The molecule has 0 aliphatic rings. The van der Waals surface area contributed by atoms with Crippen LogP contribution in [0.1, 0.15) is 5.56 Å². The van der Waals surface area contributed by atoms with Gasteiger partial charge in [0.15, 0.2) is 0 Å². The number of allylic oxidation sites excluding steroid dienone is 6. The Morgan fingerprint density at radius 2 is 2.00 bits per heavy atom. The second-order valence-corrected chi connectivity index (χ2v) is 3.34. The summed E-state index contributed by atoms with van der Waals surface area (Å²) in [7, 11) is 0. The van der Waals surface area contributed by atoms with Gasteiger partial charge in [-0.3, -0.25) is 0 Å². The van der Waals surface area contributed by atoms with E-state index in [1.165, 1.54) is 0 Å². The zero-order valence-electron chi connectivity index (χ0n) is 9.26. The largest absolute Gasteiger partial charge is 0.508 e. The van der Waals surface area contributed by atoms with Crippen LogP contribution in [-0.2, 0) is 6.42 Å². The summed E-state index contributed by atoms with van der Waals surface area (Å²) < 4.78 is 0. The topological polar surface area (TPSA) is 20.2 Å². The first-order valence-corrected chi connectivity index (χ1v) is 5.16. The van der Waals surface area contributed by atoms with Gasteiger partial charge in [0.2, 0.25) is 0 Å². The molecule has 0 saturated carbocycles. The fraction of sp³-hybridized carbons (Fsp3) is 0.0667. The molecule has 0 unspecified atom stereocenters. The van der Waals surface area contributed by atoms with Crippen LogP contribution >= 0.6 is 0 Å². The van der Waals surface area contributed by atoms with Crippen LogP contribution in [0.2, 0.25) is 0 Å². The minimum Gasteiger partial charge on any atom is -0.508 e. The Kier molecular flexibility index (Phi) is 4.87. The average molecular weight is 212 g/mol. The standard InChI is InChI=1S/C15H16O/c1-3-8-13(4-2)9-7-11-14-10-5-6-12-15(14)16/h3-10,12,16H,1-2,11H2/b9-7+,13-8+. The molecule has 1 rings (SSSR count). The second kappa shape index (κ2) is 6.46. The summed E-state index contributed by atoms with van der Waals surface area (Å²) in [5.41, 5.74) is 1.92. The Labute approximate surface area is 96.8 Å². The van der Waals surface area contributed by atoms with E-state index in [9.17, 15) is 5.11 Å². The third-order valence-electron chi connectivity index (χ3n) is 2.19. The number of hydrogen-bond donors (Lipinski definition) is 1. The van der Waals surface area contributed by atoms with Crippen molar-refractivity contribution in [1.82, 2.24) is 0 Å². The van der Waals surface area contributed by atoms with Crippen LogP contribution in [0, 0.1) is 0 Å². The van der Waals surface area contributed by atoms with Gasteiger partial charge in [-0.1, -0.05) is 61.7 Å². The van der Waals surface area contributed by atoms with Crippen molar-refractivity contribution in [2.24, 2.45) is 0 Å². The quantitative estimate of drug-likeness (QED) is 0.736. The van der Waals surface area contributed by atoms with Gasteiger partial charge >= 0.3 is 0 Å². The van der Waals surface area contributed by atoms with Crippen molar-refractivity contribution in [3.8, 4) is 5.75 Å². The number of benzene rings is 1. The van der Waals surface area contributed by atoms with E-state index in [2.05, 4.69) is 13.2 Å². The molecule has 0 fully saturated rings. The van der Waals surface area contributed by atoms with Gasteiger partial charge < -0.3 is 5.11 Å². The van der Waals surface area contributed by atoms with Crippen molar-refractivity contribution < 1.29 is 5.11 Å². The van der Waals surface area contributed by atoms with Gasteiger partial charge in [-0.25, -0.2) is 0 Å². The van der Waals surface area contributed by atoms with E-state index in [0.717, 1.165) is 11.1 Å². The summed E-state index contributed by atoms with van der Waals surface area (Å²) >= 11 is 0. The molecule has 0 saturated heterocycles. The highest BCUT2D eigenvalue weighted by Crippen LogP contribution is 2.16. The number of aromatic hydroxyl groups is 1. The maximum atomic E-state index is 9.55. The molecule has 1 nitrogen and oxygen atoms in total. The first-order valence-electron chi connectivity index (χ1n) is 5.16. The predicted octanol–water partition coefficient (Wildman–Crippen LogP) is 3.79. The molecule has 1 aromatic carbocycles. The molecule has 0 aromatic heterocycles. The zero-order valence-corrected chi connectivity index (χ0v) is 9.26. The van der Waals surface area contributed by atoms with Crippen molar-refractivity contribution in [3.05, 3.63) is 78.9 Å². The summed E-state index contributed by atoms with van der Waals surface area (Å²) in [6, 6.07) is 7.33. The number of rotatable bonds is 5. The lowest BCUT2D eigenvalue weighted by molar-refractivity contribution is 0.470. The Bertz CT molecular complexity index is 425. The molecule has 16 heavy (non-hydrogen) atoms. The second-order valence-electron chi connectivity index (χ2n) is 3.34. The average Bonchev–Trinajstić information content (AvgIpc) is 2.30. The molecule has 0 amide bonds. The van der Waals surface area contributed by atoms with Crippen LogP contribution in [-0.4, -0.2) is 5.11 Å². The minimum absolute atomic E-state index is 0.333. The van der Waals surface area contributed by atoms with Crippen molar-refractivity contribution >= 4 is 0 Å². The van der Waals surface area contributed by atoms with E-state index < -0.39 is 0 Å². The Morgan fingerprint density at radius 3 is 2.62 bits per heavy atom. The van der Waals surface area contributed by atoms with E-state index in [4.69, 9.17) is 0 Å². The molecule has 1 heteroatoms. The molecule has 0 atom stereocenters. The smallest absolute Gasteiger partial charge is 0.119 e. The number of hydrogen-bond acceptors (Lipinski definition) is 1. The van der Waals surface area contributed by atoms with Gasteiger partial charge in [0.25, 0.3) is 0 Å². The number of para-hydroxylation sites is 1. The molecule has 0 aliphatic carbocycles. The highest BCUT2D eigenvalue weighted by atomic mass is 16.3. The Hall–Kier alpha value is -2.02. The van der Waals surface area contributed by atoms with Gasteiger partial charge in [-0.2, -0.15) is 0 Å². The third-order valence-corrected chi connectivity index (χ3v) is 2.19. The lowest BCUT2D eigenvalue weighted by Crippen LogP contribution is -1.81. The molecule has 0 bridgehead atoms. The van der Waals surface area contributed by atoms with Gasteiger partial charge in [0.1, 0.15) is 5.75 Å². The normalized spacial score (nSPS) is 11.6. The van der Waals surface area contributed by atoms with E-state index >= 15 is 0 Å². The summed E-state index contributed by atoms with van der Waals surface area (Å²) in [5, 5.41) is 9.55. The lowest BCUT2D eigenvalue weighted by atomic mass is 10.1. The predicted molar refractivity (Wildman–Crippen MR) is 69.4 cm³/mol. The Balaban J connectivity index is 2.67. The maximum Gasteiger partial charge on any atom is 0.119 e. The Morgan fingerprint density at radius 1 is 1.25 bits per heavy atom. The molecule has 0 heterocycles. The molecule has 0 radical (unpaired) electrons. The molecule has 82 valence electrons. The van der Waals surface area contributed by atoms with Gasteiger partial charge in [0.05, 0.1) is 0 Å². The zero-order chi connectivity index (χ0) is 11.8. The number of phenols is 1. The van der Waals surface area contributed by atoms with Crippen LogP contribution < -0.4 is 0 Å². The monoisotopic (exact) mass is 212 g/mol. The maximum absolute atomic E-state index is 9.55. The molecule has 0 aliphatic heterocycles. The van der Waals surface area contributed by atoms with Crippen LogP contribution in [0.5, 0.6) is 5.75 Å². The fourth-order valence-corrected chi connectivity index (χ4v) is 1.33. The SMILES string of the molecule is C=C/C=C(C=C)/C=C/Cc1ccccc1O. The molecule has 0 spiro atoms. The van der Waals surface area contributed by atoms with Crippen molar-refractivity contribution in [3.63, 3.8) is 0 Å². The molecular formula is C15H16O. The van der Waals surface area contributed by atoms with E-state index in [-0.39, 0.29) is 0 Å². The van der Waals surface area contributed by atoms with Crippen LogP contribution in [0.4, 0.5) is 0 Å². The summed E-state index contributed by atoms with van der Waals surface area (Å²) in [6.07, 6.45) is 10.0. The van der Waals surface area contributed by atoms with Crippen LogP contribution in [0.3, 0.4) is 0 Å². The van der Waals surface area contributed by atoms with Gasteiger partial charge in [-0.05, 0) is 23.6 Å².